The van der Waals surface area contributed by atoms with Gasteiger partial charge < -0.3 is 0 Å². The first-order chi connectivity index (χ1) is 8.03. The Hall–Kier alpha value is -0.140. The maximum absolute atomic E-state index is 5.81. The molecule has 2 heteroatoms. The molecule has 17 heavy (non-hydrogen) atoms. The minimum absolute atomic E-state index is 0.313. The van der Waals surface area contributed by atoms with E-state index in [0.29, 0.717) is 4.75 Å². The molecule has 100 valence electrons. The third-order valence-electron chi connectivity index (χ3n) is 2.06. The molecule has 0 aliphatic carbocycles. The van der Waals surface area contributed by atoms with Crippen molar-refractivity contribution in [1.29, 1.82) is 0 Å². The second kappa shape index (κ2) is 11.0. The molecule has 0 aromatic heterocycles. The van der Waals surface area contributed by atoms with E-state index in [1.54, 1.807) is 0 Å². The average molecular weight is 275 g/mol. The van der Waals surface area contributed by atoms with Crippen molar-refractivity contribution in [3.8, 4) is 0 Å². The van der Waals surface area contributed by atoms with Crippen molar-refractivity contribution in [3.63, 3.8) is 0 Å². The summed E-state index contributed by atoms with van der Waals surface area (Å²) in [4.78, 5) is 1.29. The predicted molar refractivity (Wildman–Crippen MR) is 84.4 cm³/mol. The summed E-state index contributed by atoms with van der Waals surface area (Å²) in [5, 5.41) is 0.804. The molecule has 0 amide bonds. The Morgan fingerprint density at radius 3 is 1.76 bits per heavy atom. The molecule has 0 atom stereocenters. The van der Waals surface area contributed by atoms with E-state index in [4.69, 9.17) is 11.6 Å². The maximum Gasteiger partial charge on any atom is 0.0406 e. The van der Waals surface area contributed by atoms with Gasteiger partial charge in [0, 0.05) is 14.7 Å². The van der Waals surface area contributed by atoms with E-state index < -0.39 is 0 Å². The van der Waals surface area contributed by atoms with Crippen LogP contribution < -0.4 is 0 Å². The lowest BCUT2D eigenvalue weighted by molar-refractivity contribution is 0.684. The van der Waals surface area contributed by atoms with E-state index in [-0.39, 0.29) is 0 Å². The van der Waals surface area contributed by atoms with Gasteiger partial charge in [-0.3, -0.25) is 0 Å². The normalized spacial score (nSPS) is 9.65. The molecule has 0 N–H and O–H groups in total. The highest BCUT2D eigenvalue weighted by molar-refractivity contribution is 8.00. The first kappa shape index (κ1) is 19.2. The minimum Gasteiger partial charge on any atom is -0.120 e. The fourth-order valence-corrected chi connectivity index (χ4v) is 2.07. The molecular formula is C15H27ClS. The van der Waals surface area contributed by atoms with Crippen LogP contribution >= 0.6 is 23.4 Å². The lowest BCUT2D eigenvalue weighted by atomic mass is 10.1. The number of hydrogen-bond donors (Lipinski definition) is 0. The van der Waals surface area contributed by atoms with Crippen LogP contribution in [0.5, 0.6) is 0 Å². The van der Waals surface area contributed by atoms with Gasteiger partial charge in [-0.25, -0.2) is 0 Å². The smallest absolute Gasteiger partial charge is 0.0406 e. The van der Waals surface area contributed by atoms with Gasteiger partial charge in [0.15, 0.2) is 0 Å². The van der Waals surface area contributed by atoms with Crippen LogP contribution in [0.3, 0.4) is 0 Å². The Morgan fingerprint density at radius 2 is 1.41 bits per heavy atom. The van der Waals surface area contributed by atoms with Crippen LogP contribution in [-0.4, -0.2) is 4.75 Å². The summed E-state index contributed by atoms with van der Waals surface area (Å²) in [5.41, 5.74) is 0. The van der Waals surface area contributed by atoms with Crippen molar-refractivity contribution in [2.45, 2.75) is 64.5 Å². The highest BCUT2D eigenvalue weighted by Gasteiger charge is 2.16. The number of thioether (sulfide) groups is 1. The van der Waals surface area contributed by atoms with Gasteiger partial charge in [0.1, 0.15) is 0 Å². The van der Waals surface area contributed by atoms with Crippen LogP contribution in [0.25, 0.3) is 0 Å². The summed E-state index contributed by atoms with van der Waals surface area (Å²) in [7, 11) is 0. The van der Waals surface area contributed by atoms with E-state index >= 15 is 0 Å². The zero-order valence-corrected chi connectivity index (χ0v) is 13.9. The molecule has 0 radical (unpaired) electrons. The largest absolute Gasteiger partial charge is 0.120 e. The quantitative estimate of drug-likeness (QED) is 0.555. The molecule has 0 heterocycles. The number of hydrogen-bond acceptors (Lipinski definition) is 1. The summed E-state index contributed by atoms with van der Waals surface area (Å²) in [6.45, 7) is 14.7. The minimum atomic E-state index is 0.313. The Balaban J connectivity index is 0. The number of halogens is 1. The van der Waals surface area contributed by atoms with Crippen molar-refractivity contribution in [2.24, 2.45) is 0 Å². The molecule has 1 aromatic rings. The fraction of sp³-hybridized carbons (Fsp3) is 0.600. The topological polar surface area (TPSA) is 0 Å². The third-order valence-corrected chi connectivity index (χ3v) is 3.66. The molecule has 0 nitrogen and oxygen atoms in total. The van der Waals surface area contributed by atoms with Crippen molar-refractivity contribution < 1.29 is 0 Å². The van der Waals surface area contributed by atoms with Gasteiger partial charge >= 0.3 is 0 Å². The summed E-state index contributed by atoms with van der Waals surface area (Å²) in [6.07, 6.45) is 1.17. The molecule has 0 saturated carbocycles. The van der Waals surface area contributed by atoms with E-state index in [0.717, 1.165) is 5.02 Å². The zero-order chi connectivity index (χ0) is 13.9. The molecule has 0 fully saturated rings. The molecule has 0 unspecified atom stereocenters. The molecule has 1 aromatic carbocycles. The molecule has 1 rings (SSSR count). The predicted octanol–water partition coefficient (Wildman–Crippen LogP) is 6.67. The van der Waals surface area contributed by atoms with Crippen LogP contribution in [0.4, 0.5) is 0 Å². The van der Waals surface area contributed by atoms with Crippen molar-refractivity contribution in [1.82, 2.24) is 0 Å². The van der Waals surface area contributed by atoms with Gasteiger partial charge in [-0.15, -0.1) is 11.8 Å². The monoisotopic (exact) mass is 274 g/mol. The van der Waals surface area contributed by atoms with Crippen LogP contribution in [0.2, 0.25) is 5.02 Å². The second-order valence-corrected chi connectivity index (χ2v) is 5.89. The molecule has 0 bridgehead atoms. The first-order valence-electron chi connectivity index (χ1n) is 6.48. The molecule has 0 saturated heterocycles. The summed E-state index contributed by atoms with van der Waals surface area (Å²) in [6, 6.07) is 8.03. The molecule has 0 spiro atoms. The van der Waals surface area contributed by atoms with Gasteiger partial charge in [-0.05, 0) is 30.7 Å². The first-order valence-corrected chi connectivity index (χ1v) is 7.67. The van der Waals surface area contributed by atoms with E-state index in [9.17, 15) is 0 Å². The second-order valence-electron chi connectivity index (χ2n) is 3.67. The summed E-state index contributed by atoms with van der Waals surface area (Å²) in [5.74, 6) is 0. The highest BCUT2D eigenvalue weighted by atomic mass is 35.5. The van der Waals surface area contributed by atoms with Crippen LogP contribution in [0, 0.1) is 0 Å². The highest BCUT2D eigenvalue weighted by Crippen LogP contribution is 2.34. The third kappa shape index (κ3) is 9.55. The van der Waals surface area contributed by atoms with Gasteiger partial charge in [-0.2, -0.15) is 0 Å². The Bertz CT molecular complexity index is 265. The molecule has 0 aliphatic heterocycles. The fourth-order valence-electron chi connectivity index (χ4n) is 0.894. The van der Waals surface area contributed by atoms with Gasteiger partial charge in [-0.1, -0.05) is 60.1 Å². The van der Waals surface area contributed by atoms with Crippen LogP contribution in [-0.2, 0) is 0 Å². The summed E-state index contributed by atoms with van der Waals surface area (Å²) >= 11 is 7.70. The van der Waals surface area contributed by atoms with Crippen molar-refractivity contribution in [2.75, 3.05) is 0 Å². The number of rotatable bonds is 3. The van der Waals surface area contributed by atoms with E-state index in [1.807, 2.05) is 51.6 Å². The van der Waals surface area contributed by atoms with Crippen molar-refractivity contribution in [3.05, 3.63) is 29.3 Å². The SMILES string of the molecule is CC.CC.CCC(C)(C)Sc1ccc(Cl)cc1. The van der Waals surface area contributed by atoms with Gasteiger partial charge in [0.05, 0.1) is 0 Å². The van der Waals surface area contributed by atoms with Gasteiger partial charge in [0.2, 0.25) is 0 Å². The van der Waals surface area contributed by atoms with Crippen LogP contribution in [0.15, 0.2) is 29.2 Å². The summed E-state index contributed by atoms with van der Waals surface area (Å²) < 4.78 is 0.313. The van der Waals surface area contributed by atoms with Crippen LogP contribution in [0.1, 0.15) is 54.9 Å². The standard InChI is InChI=1S/C11H15ClS.2C2H6/c1-4-11(2,3)13-10-7-5-9(12)6-8-10;2*1-2/h5-8H,4H2,1-3H3;2*1-2H3. The molecule has 0 aliphatic rings. The lowest BCUT2D eigenvalue weighted by Crippen LogP contribution is -2.11. The van der Waals surface area contributed by atoms with Gasteiger partial charge in [0.25, 0.3) is 0 Å². The van der Waals surface area contributed by atoms with Crippen molar-refractivity contribution >= 4 is 23.4 Å². The average Bonchev–Trinajstić information content (AvgIpc) is 2.37. The number of benzene rings is 1. The Labute approximate surface area is 117 Å². The molecular weight excluding hydrogens is 248 g/mol. The Morgan fingerprint density at radius 1 is 1.00 bits per heavy atom. The lowest BCUT2D eigenvalue weighted by Gasteiger charge is -2.21. The Kier molecular flexibility index (Phi) is 12.4. The van der Waals surface area contributed by atoms with E-state index in [1.165, 1.54) is 11.3 Å². The van der Waals surface area contributed by atoms with E-state index in [2.05, 4.69) is 32.9 Å². The maximum atomic E-state index is 5.81. The zero-order valence-electron chi connectivity index (χ0n) is 12.3.